The zero-order valence-electron chi connectivity index (χ0n) is 14.3. The number of hydrogen-bond acceptors (Lipinski definition) is 3. The van der Waals surface area contributed by atoms with E-state index in [1.807, 2.05) is 54.6 Å². The predicted molar refractivity (Wildman–Crippen MR) is 101 cm³/mol. The van der Waals surface area contributed by atoms with Crippen LogP contribution in [0.4, 0.5) is 11.4 Å². The molecule has 0 aromatic heterocycles. The number of rotatable bonds is 5. The largest absolute Gasteiger partial charge is 0.322 e. The molecule has 3 aromatic carbocycles. The van der Waals surface area contributed by atoms with Crippen LogP contribution in [0, 0.1) is 17.0 Å². The van der Waals surface area contributed by atoms with E-state index in [2.05, 4.69) is 5.32 Å². The zero-order valence-corrected chi connectivity index (χ0v) is 14.3. The number of para-hydroxylation sites is 1. The number of anilines is 1. The number of nitrogens with one attached hydrogen (secondary N) is 1. The van der Waals surface area contributed by atoms with Gasteiger partial charge in [0, 0.05) is 22.9 Å². The first-order chi connectivity index (χ1) is 12.6. The number of benzene rings is 3. The molecule has 0 bridgehead atoms. The van der Waals surface area contributed by atoms with Crippen molar-refractivity contribution in [2.75, 3.05) is 5.32 Å². The van der Waals surface area contributed by atoms with Gasteiger partial charge >= 0.3 is 0 Å². The van der Waals surface area contributed by atoms with Crippen LogP contribution in [-0.4, -0.2) is 10.8 Å². The van der Waals surface area contributed by atoms with Crippen molar-refractivity contribution in [2.45, 2.75) is 13.3 Å². The van der Waals surface area contributed by atoms with E-state index < -0.39 is 4.92 Å². The molecule has 3 rings (SSSR count). The molecule has 0 saturated heterocycles. The maximum Gasteiger partial charge on any atom is 0.273 e. The van der Waals surface area contributed by atoms with Crippen molar-refractivity contribution in [3.05, 3.63) is 105 Å². The molecule has 26 heavy (non-hydrogen) atoms. The molecule has 0 aliphatic carbocycles. The number of hydrogen-bond donors (Lipinski definition) is 1. The fourth-order valence-corrected chi connectivity index (χ4v) is 2.87. The maximum absolute atomic E-state index is 12.7. The molecule has 5 nitrogen and oxygen atoms in total. The van der Waals surface area contributed by atoms with Crippen LogP contribution in [0.15, 0.2) is 72.8 Å². The van der Waals surface area contributed by atoms with E-state index >= 15 is 0 Å². The molecule has 0 unspecified atom stereocenters. The molecule has 0 saturated carbocycles. The van der Waals surface area contributed by atoms with E-state index in [1.165, 1.54) is 12.1 Å². The molecular weight excluding hydrogens is 328 g/mol. The monoisotopic (exact) mass is 346 g/mol. The van der Waals surface area contributed by atoms with E-state index in [0.29, 0.717) is 23.2 Å². The summed E-state index contributed by atoms with van der Waals surface area (Å²) >= 11 is 0. The van der Waals surface area contributed by atoms with Crippen molar-refractivity contribution in [3.63, 3.8) is 0 Å². The fourth-order valence-electron chi connectivity index (χ4n) is 2.87. The van der Waals surface area contributed by atoms with Crippen LogP contribution in [0.3, 0.4) is 0 Å². The SMILES string of the molecule is Cc1c(C(=O)Nc2ccccc2Cc2ccccc2)cccc1[N+](=O)[O-]. The summed E-state index contributed by atoms with van der Waals surface area (Å²) in [5, 5.41) is 14.0. The second kappa shape index (κ2) is 7.61. The van der Waals surface area contributed by atoms with Gasteiger partial charge in [-0.05, 0) is 36.6 Å². The number of nitro groups is 1. The van der Waals surface area contributed by atoms with Gasteiger partial charge in [0.05, 0.1) is 4.92 Å². The van der Waals surface area contributed by atoms with E-state index in [0.717, 1.165) is 11.1 Å². The molecule has 0 spiro atoms. The van der Waals surface area contributed by atoms with Gasteiger partial charge in [0.25, 0.3) is 11.6 Å². The highest BCUT2D eigenvalue weighted by molar-refractivity contribution is 6.06. The summed E-state index contributed by atoms with van der Waals surface area (Å²) in [5.41, 5.74) is 3.42. The first kappa shape index (κ1) is 17.4. The first-order valence-electron chi connectivity index (χ1n) is 8.23. The van der Waals surface area contributed by atoms with E-state index in [4.69, 9.17) is 0 Å². The van der Waals surface area contributed by atoms with Crippen molar-refractivity contribution >= 4 is 17.3 Å². The lowest BCUT2D eigenvalue weighted by Crippen LogP contribution is -2.15. The number of carbonyl (C=O) groups is 1. The second-order valence-corrected chi connectivity index (χ2v) is 5.98. The fraction of sp³-hybridized carbons (Fsp3) is 0.0952. The molecule has 0 radical (unpaired) electrons. The van der Waals surface area contributed by atoms with Gasteiger partial charge in [-0.2, -0.15) is 0 Å². The Morgan fingerprint density at radius 1 is 0.962 bits per heavy atom. The molecule has 5 heteroatoms. The molecule has 0 aliphatic rings. The Bertz CT molecular complexity index is 952. The molecule has 1 amide bonds. The van der Waals surface area contributed by atoms with Crippen molar-refractivity contribution in [1.29, 1.82) is 0 Å². The summed E-state index contributed by atoms with van der Waals surface area (Å²) in [5.74, 6) is -0.355. The minimum Gasteiger partial charge on any atom is -0.322 e. The lowest BCUT2D eigenvalue weighted by atomic mass is 10.0. The topological polar surface area (TPSA) is 72.2 Å². The third-order valence-corrected chi connectivity index (χ3v) is 4.25. The average molecular weight is 346 g/mol. The number of amides is 1. The lowest BCUT2D eigenvalue weighted by molar-refractivity contribution is -0.385. The van der Waals surface area contributed by atoms with Gasteiger partial charge < -0.3 is 5.32 Å². The molecule has 0 aliphatic heterocycles. The smallest absolute Gasteiger partial charge is 0.273 e. The number of nitro benzene ring substituents is 1. The van der Waals surface area contributed by atoms with E-state index in [9.17, 15) is 14.9 Å². The number of nitrogens with zero attached hydrogens (tertiary/aromatic N) is 1. The van der Waals surface area contributed by atoms with Gasteiger partial charge in [-0.3, -0.25) is 14.9 Å². The Morgan fingerprint density at radius 3 is 2.38 bits per heavy atom. The minimum atomic E-state index is -0.477. The summed E-state index contributed by atoms with van der Waals surface area (Å²) in [6.45, 7) is 1.59. The Balaban J connectivity index is 1.87. The quantitative estimate of drug-likeness (QED) is 0.535. The van der Waals surface area contributed by atoms with Crippen LogP contribution < -0.4 is 5.32 Å². The van der Waals surface area contributed by atoms with Gasteiger partial charge in [0.1, 0.15) is 0 Å². The van der Waals surface area contributed by atoms with Crippen molar-refractivity contribution in [2.24, 2.45) is 0 Å². The number of carbonyl (C=O) groups excluding carboxylic acids is 1. The highest BCUT2D eigenvalue weighted by Crippen LogP contribution is 2.24. The standard InChI is InChI=1S/C21H18N2O3/c1-15-18(11-7-13-20(15)23(25)26)21(24)22-19-12-6-5-10-17(19)14-16-8-3-2-4-9-16/h2-13H,14H2,1H3,(H,22,24). The summed E-state index contributed by atoms with van der Waals surface area (Å²) in [6, 6.07) is 22.1. The van der Waals surface area contributed by atoms with Crippen LogP contribution in [0.25, 0.3) is 0 Å². The average Bonchev–Trinajstić information content (AvgIpc) is 2.64. The Kier molecular flexibility index (Phi) is 5.08. The molecule has 3 aromatic rings. The zero-order chi connectivity index (χ0) is 18.5. The van der Waals surface area contributed by atoms with Gasteiger partial charge in [0.15, 0.2) is 0 Å². The Labute approximate surface area is 151 Å². The summed E-state index contributed by atoms with van der Waals surface area (Å²) in [6.07, 6.45) is 0.686. The molecular formula is C21H18N2O3. The highest BCUT2D eigenvalue weighted by atomic mass is 16.6. The molecule has 130 valence electrons. The normalized spacial score (nSPS) is 10.3. The summed E-state index contributed by atoms with van der Waals surface area (Å²) < 4.78 is 0. The lowest BCUT2D eigenvalue weighted by Gasteiger charge is -2.12. The third-order valence-electron chi connectivity index (χ3n) is 4.25. The van der Waals surface area contributed by atoms with Gasteiger partial charge in [-0.1, -0.05) is 54.6 Å². The highest BCUT2D eigenvalue weighted by Gasteiger charge is 2.18. The molecule has 0 atom stereocenters. The van der Waals surface area contributed by atoms with E-state index in [1.54, 1.807) is 13.0 Å². The Hall–Kier alpha value is -3.47. The van der Waals surface area contributed by atoms with Crippen LogP contribution in [0.1, 0.15) is 27.0 Å². The van der Waals surface area contributed by atoms with Crippen molar-refractivity contribution < 1.29 is 9.72 Å². The molecule has 0 fully saturated rings. The molecule has 0 heterocycles. The maximum atomic E-state index is 12.7. The van der Waals surface area contributed by atoms with E-state index in [-0.39, 0.29) is 11.6 Å². The minimum absolute atomic E-state index is 0.0600. The predicted octanol–water partition coefficient (Wildman–Crippen LogP) is 4.75. The van der Waals surface area contributed by atoms with Crippen LogP contribution in [0.5, 0.6) is 0 Å². The van der Waals surface area contributed by atoms with Gasteiger partial charge in [-0.25, -0.2) is 0 Å². The summed E-state index contributed by atoms with van der Waals surface area (Å²) in [7, 11) is 0. The molecule has 1 N–H and O–H groups in total. The van der Waals surface area contributed by atoms with Crippen LogP contribution in [0.2, 0.25) is 0 Å². The third kappa shape index (κ3) is 3.78. The summed E-state index contributed by atoms with van der Waals surface area (Å²) in [4.78, 5) is 23.3. The van der Waals surface area contributed by atoms with Gasteiger partial charge in [0.2, 0.25) is 0 Å². The van der Waals surface area contributed by atoms with Gasteiger partial charge in [-0.15, -0.1) is 0 Å². The first-order valence-corrected chi connectivity index (χ1v) is 8.23. The van der Waals surface area contributed by atoms with Crippen LogP contribution >= 0.6 is 0 Å². The van der Waals surface area contributed by atoms with Crippen molar-refractivity contribution in [3.8, 4) is 0 Å². The van der Waals surface area contributed by atoms with Crippen molar-refractivity contribution in [1.82, 2.24) is 0 Å². The second-order valence-electron chi connectivity index (χ2n) is 5.98. The Morgan fingerprint density at radius 2 is 1.65 bits per heavy atom. The van der Waals surface area contributed by atoms with Crippen LogP contribution in [-0.2, 0) is 6.42 Å².